The van der Waals surface area contributed by atoms with Gasteiger partial charge < -0.3 is 19.1 Å². The molecular weight excluding hydrogens is 348 g/mol. The fraction of sp³-hybridized carbons (Fsp3) is 0.500. The molecule has 0 aromatic heterocycles. The monoisotopic (exact) mass is 376 g/mol. The minimum absolute atomic E-state index is 0.110. The van der Waals surface area contributed by atoms with Crippen molar-refractivity contribution in [3.63, 3.8) is 0 Å². The Hall–Kier alpha value is -2.38. The van der Waals surface area contributed by atoms with Crippen molar-refractivity contribution in [2.75, 3.05) is 53.0 Å². The highest BCUT2D eigenvalue weighted by Crippen LogP contribution is 2.23. The summed E-state index contributed by atoms with van der Waals surface area (Å²) in [6.45, 7) is 8.69. The number of benzene rings is 1. The van der Waals surface area contributed by atoms with Gasteiger partial charge in [-0.1, -0.05) is 18.2 Å². The summed E-state index contributed by atoms with van der Waals surface area (Å²) in [6.07, 6.45) is 1.63. The fourth-order valence-electron chi connectivity index (χ4n) is 2.95. The second-order valence-corrected chi connectivity index (χ2v) is 6.35. The van der Waals surface area contributed by atoms with Crippen LogP contribution in [0.25, 0.3) is 0 Å². The van der Waals surface area contributed by atoms with Gasteiger partial charge in [-0.25, -0.2) is 0 Å². The molecule has 7 nitrogen and oxygen atoms in total. The Morgan fingerprint density at radius 1 is 1.26 bits per heavy atom. The molecule has 1 aliphatic rings. The van der Waals surface area contributed by atoms with E-state index < -0.39 is 5.97 Å². The number of amides is 1. The van der Waals surface area contributed by atoms with E-state index in [0.29, 0.717) is 26.2 Å². The van der Waals surface area contributed by atoms with E-state index in [-0.39, 0.29) is 18.6 Å². The molecule has 1 aromatic rings. The van der Waals surface area contributed by atoms with Crippen molar-refractivity contribution in [1.82, 2.24) is 9.80 Å². The number of hydrogen-bond acceptors (Lipinski definition) is 6. The third kappa shape index (κ3) is 6.69. The Morgan fingerprint density at radius 2 is 2.00 bits per heavy atom. The maximum atomic E-state index is 12.0. The zero-order valence-corrected chi connectivity index (χ0v) is 16.1. The number of esters is 1. The second-order valence-electron chi connectivity index (χ2n) is 6.35. The summed E-state index contributed by atoms with van der Waals surface area (Å²) in [5.41, 5.74) is 1.05. The van der Waals surface area contributed by atoms with Gasteiger partial charge in [0.2, 0.25) is 0 Å². The zero-order valence-electron chi connectivity index (χ0n) is 16.1. The standard InChI is InChI=1S/C20H28N2O5/c1-4-12-26-19(17-6-5-7-18(13-17)25-3)14-21-8-10-22(11-9-21)20(24)15-27-16(2)23/h4-7,13,19H,1,8-12,14-15H2,2-3H3. The summed E-state index contributed by atoms with van der Waals surface area (Å²) in [6, 6.07) is 7.85. The van der Waals surface area contributed by atoms with Gasteiger partial charge in [-0.15, -0.1) is 6.58 Å². The third-order valence-corrected chi connectivity index (χ3v) is 4.43. The fourth-order valence-corrected chi connectivity index (χ4v) is 2.95. The molecule has 0 aliphatic carbocycles. The van der Waals surface area contributed by atoms with Gasteiger partial charge in [0, 0.05) is 39.6 Å². The van der Waals surface area contributed by atoms with Crippen LogP contribution in [0.3, 0.4) is 0 Å². The van der Waals surface area contributed by atoms with Crippen LogP contribution in [0.5, 0.6) is 5.75 Å². The highest BCUT2D eigenvalue weighted by molar-refractivity contribution is 5.80. The topological polar surface area (TPSA) is 68.3 Å². The number of carbonyl (C=O) groups excluding carboxylic acids is 2. The van der Waals surface area contributed by atoms with E-state index in [9.17, 15) is 9.59 Å². The molecule has 1 aliphatic heterocycles. The van der Waals surface area contributed by atoms with E-state index in [1.165, 1.54) is 6.92 Å². The molecule has 0 saturated carbocycles. The zero-order chi connectivity index (χ0) is 19.6. The summed E-state index contributed by atoms with van der Waals surface area (Å²) >= 11 is 0. The Labute approximate surface area is 160 Å². The molecule has 1 amide bonds. The average molecular weight is 376 g/mol. The number of ether oxygens (including phenoxy) is 3. The molecule has 7 heteroatoms. The normalized spacial score (nSPS) is 15.9. The lowest BCUT2D eigenvalue weighted by molar-refractivity contribution is -0.151. The quantitative estimate of drug-likeness (QED) is 0.482. The van der Waals surface area contributed by atoms with Crippen LogP contribution in [0.15, 0.2) is 36.9 Å². The number of methoxy groups -OCH3 is 1. The van der Waals surface area contributed by atoms with E-state index >= 15 is 0 Å². The van der Waals surface area contributed by atoms with E-state index in [1.54, 1.807) is 18.1 Å². The summed E-state index contributed by atoms with van der Waals surface area (Å²) in [5, 5.41) is 0. The first-order valence-electron chi connectivity index (χ1n) is 9.03. The Balaban J connectivity index is 1.91. The molecule has 1 unspecified atom stereocenters. The van der Waals surface area contributed by atoms with Crippen LogP contribution in [-0.2, 0) is 19.1 Å². The van der Waals surface area contributed by atoms with E-state index in [2.05, 4.69) is 11.5 Å². The predicted molar refractivity (Wildman–Crippen MR) is 102 cm³/mol. The largest absolute Gasteiger partial charge is 0.497 e. The Morgan fingerprint density at radius 3 is 2.63 bits per heavy atom. The maximum absolute atomic E-state index is 12.0. The van der Waals surface area contributed by atoms with Crippen LogP contribution in [-0.4, -0.2) is 74.7 Å². The minimum atomic E-state index is -0.442. The van der Waals surface area contributed by atoms with Gasteiger partial charge in [0.05, 0.1) is 19.8 Å². The molecule has 1 saturated heterocycles. The summed E-state index contributed by atoms with van der Waals surface area (Å²) < 4.78 is 16.1. The van der Waals surface area contributed by atoms with Gasteiger partial charge in [-0.05, 0) is 17.7 Å². The van der Waals surface area contributed by atoms with E-state index in [0.717, 1.165) is 24.4 Å². The number of carbonyl (C=O) groups is 2. The van der Waals surface area contributed by atoms with Gasteiger partial charge in [0.1, 0.15) is 5.75 Å². The van der Waals surface area contributed by atoms with Crippen LogP contribution in [0.4, 0.5) is 0 Å². The lowest BCUT2D eigenvalue weighted by Crippen LogP contribution is -2.50. The van der Waals surface area contributed by atoms with Crippen LogP contribution in [0.2, 0.25) is 0 Å². The smallest absolute Gasteiger partial charge is 0.303 e. The van der Waals surface area contributed by atoms with Crippen LogP contribution < -0.4 is 4.74 Å². The molecule has 1 aromatic carbocycles. The van der Waals surface area contributed by atoms with Crippen molar-refractivity contribution in [1.29, 1.82) is 0 Å². The van der Waals surface area contributed by atoms with Gasteiger partial charge in [0.25, 0.3) is 5.91 Å². The molecule has 1 fully saturated rings. The van der Waals surface area contributed by atoms with Gasteiger partial charge in [-0.2, -0.15) is 0 Å². The molecule has 0 N–H and O–H groups in total. The Kier molecular flexibility index (Phi) is 8.29. The van der Waals surface area contributed by atoms with Gasteiger partial charge in [-0.3, -0.25) is 14.5 Å². The predicted octanol–water partition coefficient (Wildman–Crippen LogP) is 1.65. The molecule has 0 bridgehead atoms. The first kappa shape index (κ1) is 20.9. The number of rotatable bonds is 9. The highest BCUT2D eigenvalue weighted by atomic mass is 16.5. The van der Waals surface area contributed by atoms with Crippen LogP contribution >= 0.6 is 0 Å². The Bertz CT molecular complexity index is 641. The maximum Gasteiger partial charge on any atom is 0.303 e. The molecule has 2 rings (SSSR count). The van der Waals surface area contributed by atoms with Crippen LogP contribution in [0.1, 0.15) is 18.6 Å². The third-order valence-electron chi connectivity index (χ3n) is 4.43. The van der Waals surface area contributed by atoms with Gasteiger partial charge >= 0.3 is 5.97 Å². The molecule has 1 atom stereocenters. The van der Waals surface area contributed by atoms with Gasteiger partial charge in [0.15, 0.2) is 6.61 Å². The molecule has 27 heavy (non-hydrogen) atoms. The number of hydrogen-bond donors (Lipinski definition) is 0. The molecule has 148 valence electrons. The van der Waals surface area contributed by atoms with E-state index in [1.807, 2.05) is 24.3 Å². The van der Waals surface area contributed by atoms with Crippen molar-refractivity contribution in [2.45, 2.75) is 13.0 Å². The van der Waals surface area contributed by atoms with Crippen LogP contribution in [0, 0.1) is 0 Å². The SMILES string of the molecule is C=CCOC(CN1CCN(C(=O)COC(C)=O)CC1)c1cccc(OC)c1. The number of nitrogens with zero attached hydrogens (tertiary/aromatic N) is 2. The van der Waals surface area contributed by atoms with Crippen molar-refractivity contribution < 1.29 is 23.8 Å². The van der Waals surface area contributed by atoms with Crippen molar-refractivity contribution in [3.05, 3.63) is 42.5 Å². The highest BCUT2D eigenvalue weighted by Gasteiger charge is 2.24. The van der Waals surface area contributed by atoms with Crippen molar-refractivity contribution in [3.8, 4) is 5.75 Å². The summed E-state index contributed by atoms with van der Waals surface area (Å²) in [4.78, 5) is 26.9. The van der Waals surface area contributed by atoms with Crippen molar-refractivity contribution in [2.24, 2.45) is 0 Å². The molecule has 0 spiro atoms. The lowest BCUT2D eigenvalue weighted by atomic mass is 10.1. The number of piperazine rings is 1. The lowest BCUT2D eigenvalue weighted by Gasteiger charge is -2.36. The first-order chi connectivity index (χ1) is 13.0. The van der Waals surface area contributed by atoms with Crippen molar-refractivity contribution >= 4 is 11.9 Å². The molecular formula is C20H28N2O5. The minimum Gasteiger partial charge on any atom is -0.497 e. The van der Waals surface area contributed by atoms with E-state index in [4.69, 9.17) is 14.2 Å². The first-order valence-corrected chi connectivity index (χ1v) is 9.03. The summed E-state index contributed by atoms with van der Waals surface area (Å²) in [5.74, 6) is 0.195. The summed E-state index contributed by atoms with van der Waals surface area (Å²) in [7, 11) is 1.64. The second kappa shape index (κ2) is 10.7. The molecule has 1 heterocycles. The molecule has 0 radical (unpaired) electrons. The average Bonchev–Trinajstić information content (AvgIpc) is 2.69.